The normalized spacial score (nSPS) is 29.1. The van der Waals surface area contributed by atoms with Crippen LogP contribution in [0.4, 0.5) is 0 Å². The molecular formula is C20H32NP. The molecule has 0 aromatic heterocycles. The molecule has 2 fully saturated rings. The van der Waals surface area contributed by atoms with Gasteiger partial charge in [0.2, 0.25) is 0 Å². The fraction of sp³-hybridized carbons (Fsp3) is 0.700. The molecule has 1 aromatic rings. The molecule has 122 valence electrons. The van der Waals surface area contributed by atoms with Crippen molar-refractivity contribution >= 4 is 13.2 Å². The molecule has 2 aliphatic carbocycles. The van der Waals surface area contributed by atoms with Crippen molar-refractivity contribution in [1.82, 2.24) is 4.90 Å². The Morgan fingerprint density at radius 3 is 2.27 bits per heavy atom. The average molecular weight is 317 g/mol. The van der Waals surface area contributed by atoms with Crippen molar-refractivity contribution in [2.24, 2.45) is 5.92 Å². The SMILES string of the molecule is CC(C1CCCC1[P@@](c1ccccc1)C1CCCC1)N(C)C. The first kappa shape index (κ1) is 16.5. The summed E-state index contributed by atoms with van der Waals surface area (Å²) < 4.78 is 0. The number of nitrogens with zero attached hydrogens (tertiary/aromatic N) is 1. The van der Waals surface area contributed by atoms with Gasteiger partial charge in [-0.05, 0) is 69.2 Å². The molecule has 0 saturated heterocycles. The van der Waals surface area contributed by atoms with Crippen LogP contribution < -0.4 is 5.30 Å². The summed E-state index contributed by atoms with van der Waals surface area (Å²) in [4.78, 5) is 2.45. The molecule has 0 aliphatic heterocycles. The van der Waals surface area contributed by atoms with E-state index in [4.69, 9.17) is 0 Å². The van der Waals surface area contributed by atoms with Gasteiger partial charge in [-0.1, -0.05) is 57.5 Å². The molecule has 0 spiro atoms. The van der Waals surface area contributed by atoms with Crippen LogP contribution in [0.25, 0.3) is 0 Å². The van der Waals surface area contributed by atoms with E-state index in [2.05, 4.69) is 56.3 Å². The minimum absolute atomic E-state index is 0.0188. The smallest absolute Gasteiger partial charge is 0.00952 e. The van der Waals surface area contributed by atoms with E-state index in [-0.39, 0.29) is 7.92 Å². The molecular weight excluding hydrogens is 285 g/mol. The quantitative estimate of drug-likeness (QED) is 0.701. The molecule has 2 saturated carbocycles. The number of benzene rings is 1. The van der Waals surface area contributed by atoms with Gasteiger partial charge in [0.05, 0.1) is 0 Å². The highest BCUT2D eigenvalue weighted by Gasteiger charge is 2.41. The van der Waals surface area contributed by atoms with Crippen molar-refractivity contribution in [3.63, 3.8) is 0 Å². The monoisotopic (exact) mass is 317 g/mol. The van der Waals surface area contributed by atoms with Crippen LogP contribution in [0, 0.1) is 5.92 Å². The molecule has 0 N–H and O–H groups in total. The first-order chi connectivity index (χ1) is 10.7. The van der Waals surface area contributed by atoms with Crippen LogP contribution in [-0.4, -0.2) is 36.4 Å². The van der Waals surface area contributed by atoms with E-state index < -0.39 is 0 Å². The van der Waals surface area contributed by atoms with Gasteiger partial charge < -0.3 is 4.90 Å². The first-order valence-electron chi connectivity index (χ1n) is 9.18. The fourth-order valence-electron chi connectivity index (χ4n) is 4.72. The van der Waals surface area contributed by atoms with E-state index in [0.717, 1.165) is 23.3 Å². The Labute approximate surface area is 138 Å². The highest BCUT2D eigenvalue weighted by atomic mass is 31.1. The zero-order valence-corrected chi connectivity index (χ0v) is 15.4. The summed E-state index contributed by atoms with van der Waals surface area (Å²) in [7, 11) is 4.55. The van der Waals surface area contributed by atoms with Gasteiger partial charge in [0.25, 0.3) is 0 Å². The van der Waals surface area contributed by atoms with Crippen LogP contribution in [0.5, 0.6) is 0 Å². The summed E-state index contributed by atoms with van der Waals surface area (Å²) in [6.45, 7) is 2.45. The summed E-state index contributed by atoms with van der Waals surface area (Å²) in [5.74, 6) is 0.905. The van der Waals surface area contributed by atoms with E-state index in [1.807, 2.05) is 0 Å². The van der Waals surface area contributed by atoms with Gasteiger partial charge in [-0.3, -0.25) is 0 Å². The van der Waals surface area contributed by atoms with Crippen LogP contribution in [0.1, 0.15) is 51.9 Å². The van der Waals surface area contributed by atoms with Crippen LogP contribution in [0.15, 0.2) is 30.3 Å². The largest absolute Gasteiger partial charge is 0.306 e. The lowest BCUT2D eigenvalue weighted by Crippen LogP contribution is -2.37. The highest BCUT2D eigenvalue weighted by molar-refractivity contribution is 7.67. The van der Waals surface area contributed by atoms with E-state index in [1.54, 1.807) is 5.30 Å². The second-order valence-corrected chi connectivity index (χ2v) is 10.3. The lowest BCUT2D eigenvalue weighted by Gasteiger charge is -2.38. The topological polar surface area (TPSA) is 3.24 Å². The predicted molar refractivity (Wildman–Crippen MR) is 99.5 cm³/mol. The summed E-state index contributed by atoms with van der Waals surface area (Å²) in [5, 5.41) is 1.69. The zero-order chi connectivity index (χ0) is 15.5. The van der Waals surface area contributed by atoms with Crippen LogP contribution in [-0.2, 0) is 0 Å². The third-order valence-corrected chi connectivity index (χ3v) is 9.65. The van der Waals surface area contributed by atoms with Gasteiger partial charge in [-0.15, -0.1) is 0 Å². The third-order valence-electron chi connectivity index (χ3n) is 6.10. The average Bonchev–Trinajstić information content (AvgIpc) is 3.20. The minimum Gasteiger partial charge on any atom is -0.306 e. The molecule has 4 atom stereocenters. The summed E-state index contributed by atoms with van der Waals surface area (Å²) in [6.07, 6.45) is 10.3. The van der Waals surface area contributed by atoms with E-state index in [1.165, 1.54) is 44.9 Å². The van der Waals surface area contributed by atoms with Crippen LogP contribution in [0.3, 0.4) is 0 Å². The standard InChI is InChI=1S/C20H32NP/c1-16(21(2)3)19-14-9-15-20(19)22(18-12-7-8-13-18)17-10-5-4-6-11-17/h4-6,10-11,16,18-20H,7-9,12-15H2,1-3H3/t16?,19?,20?,22-/m0/s1. The first-order valence-corrected chi connectivity index (χ1v) is 10.7. The molecule has 0 amide bonds. The number of hydrogen-bond donors (Lipinski definition) is 0. The summed E-state index contributed by atoms with van der Waals surface area (Å²) in [5.41, 5.74) is 1.95. The molecule has 0 radical (unpaired) electrons. The number of hydrogen-bond acceptors (Lipinski definition) is 1. The Morgan fingerprint density at radius 1 is 0.955 bits per heavy atom. The van der Waals surface area contributed by atoms with Gasteiger partial charge in [-0.25, -0.2) is 0 Å². The highest BCUT2D eigenvalue weighted by Crippen LogP contribution is 2.58. The molecule has 3 rings (SSSR count). The van der Waals surface area contributed by atoms with Gasteiger partial charge in [-0.2, -0.15) is 0 Å². The molecule has 3 unspecified atom stereocenters. The van der Waals surface area contributed by atoms with Gasteiger partial charge >= 0.3 is 0 Å². The van der Waals surface area contributed by atoms with Gasteiger partial charge in [0, 0.05) is 6.04 Å². The number of rotatable bonds is 5. The Bertz CT molecular complexity index is 452. The van der Waals surface area contributed by atoms with E-state index in [9.17, 15) is 0 Å². The Morgan fingerprint density at radius 2 is 1.64 bits per heavy atom. The predicted octanol–water partition coefficient (Wildman–Crippen LogP) is 4.86. The Kier molecular flexibility index (Phi) is 5.58. The van der Waals surface area contributed by atoms with Crippen molar-refractivity contribution in [2.75, 3.05) is 14.1 Å². The Hall–Kier alpha value is -0.390. The molecule has 2 heteroatoms. The third kappa shape index (κ3) is 3.41. The van der Waals surface area contributed by atoms with Crippen molar-refractivity contribution in [1.29, 1.82) is 0 Å². The van der Waals surface area contributed by atoms with Gasteiger partial charge in [0.1, 0.15) is 0 Å². The minimum atomic E-state index is 0.0188. The maximum Gasteiger partial charge on any atom is 0.00952 e. The van der Waals surface area contributed by atoms with Crippen molar-refractivity contribution < 1.29 is 0 Å². The summed E-state index contributed by atoms with van der Waals surface area (Å²) in [6, 6.07) is 12.3. The second-order valence-electron chi connectivity index (χ2n) is 7.55. The molecule has 0 heterocycles. The molecule has 1 nitrogen and oxygen atoms in total. The lowest BCUT2D eigenvalue weighted by molar-refractivity contribution is 0.232. The van der Waals surface area contributed by atoms with E-state index >= 15 is 0 Å². The summed E-state index contributed by atoms with van der Waals surface area (Å²) >= 11 is 0. The zero-order valence-electron chi connectivity index (χ0n) is 14.5. The maximum absolute atomic E-state index is 2.45. The van der Waals surface area contributed by atoms with Crippen molar-refractivity contribution in [2.45, 2.75) is 69.2 Å². The van der Waals surface area contributed by atoms with Gasteiger partial charge in [0.15, 0.2) is 0 Å². The Balaban J connectivity index is 1.88. The lowest BCUT2D eigenvalue weighted by atomic mass is 9.98. The van der Waals surface area contributed by atoms with E-state index in [0.29, 0.717) is 0 Å². The fourth-order valence-corrected chi connectivity index (χ4v) is 8.77. The molecule has 0 bridgehead atoms. The van der Waals surface area contributed by atoms with Crippen molar-refractivity contribution in [3.8, 4) is 0 Å². The van der Waals surface area contributed by atoms with Crippen LogP contribution in [0.2, 0.25) is 0 Å². The van der Waals surface area contributed by atoms with Crippen LogP contribution >= 0.6 is 7.92 Å². The molecule has 1 aromatic carbocycles. The molecule has 22 heavy (non-hydrogen) atoms. The van der Waals surface area contributed by atoms with Crippen molar-refractivity contribution in [3.05, 3.63) is 30.3 Å². The maximum atomic E-state index is 2.45. The molecule has 2 aliphatic rings. The second kappa shape index (κ2) is 7.45.